The topological polar surface area (TPSA) is 109 Å². The van der Waals surface area contributed by atoms with E-state index in [9.17, 15) is 9.59 Å². The van der Waals surface area contributed by atoms with E-state index in [0.29, 0.717) is 23.4 Å². The van der Waals surface area contributed by atoms with Crippen LogP contribution in [0.2, 0.25) is 5.28 Å². The molecule has 1 unspecified atom stereocenters. The fraction of sp³-hybridized carbons (Fsp3) is 0.552. The van der Waals surface area contributed by atoms with E-state index in [-0.39, 0.29) is 10.7 Å². The lowest BCUT2D eigenvalue weighted by atomic mass is 9.76. The number of carbonyl (C=O) groups excluding carboxylic acids is 2. The number of imidazole rings is 1. The second-order valence-corrected chi connectivity index (χ2v) is 11.4. The van der Waals surface area contributed by atoms with E-state index in [1.807, 2.05) is 6.92 Å². The average Bonchev–Trinajstić information content (AvgIpc) is 3.51. The van der Waals surface area contributed by atoms with E-state index in [1.54, 1.807) is 10.9 Å². The van der Waals surface area contributed by atoms with Gasteiger partial charge in [0.05, 0.1) is 6.33 Å². The van der Waals surface area contributed by atoms with Gasteiger partial charge in [0, 0.05) is 31.5 Å². The lowest BCUT2D eigenvalue weighted by molar-refractivity contribution is -0.165. The Morgan fingerprint density at radius 3 is 2.45 bits per heavy atom. The molecule has 3 aliphatic rings. The lowest BCUT2D eigenvalue weighted by Crippen LogP contribution is -2.38. The fourth-order valence-electron chi connectivity index (χ4n) is 6.81. The molecule has 1 saturated heterocycles. The van der Waals surface area contributed by atoms with Crippen LogP contribution in [0.4, 0.5) is 11.5 Å². The fourth-order valence-corrected chi connectivity index (χ4v) is 6.97. The molecule has 3 aromatic rings. The number of ether oxygens (including phenoxy) is 3. The van der Waals surface area contributed by atoms with Crippen LogP contribution in [0.3, 0.4) is 0 Å². The molecule has 1 aromatic carbocycles. The predicted molar refractivity (Wildman–Crippen MR) is 148 cm³/mol. The molecule has 1 aliphatic carbocycles. The molecule has 4 atom stereocenters. The first-order chi connectivity index (χ1) is 19.3. The van der Waals surface area contributed by atoms with Crippen LogP contribution < -0.4 is 4.90 Å². The number of anilines is 2. The van der Waals surface area contributed by atoms with Gasteiger partial charge in [0.15, 0.2) is 35.4 Å². The Bertz CT molecular complexity index is 1440. The van der Waals surface area contributed by atoms with Crippen LogP contribution in [0.1, 0.15) is 77.5 Å². The highest BCUT2D eigenvalue weighted by molar-refractivity contribution is 6.28. The number of para-hydroxylation sites is 1. The first-order valence-corrected chi connectivity index (χ1v) is 14.5. The van der Waals surface area contributed by atoms with Crippen molar-refractivity contribution in [2.24, 2.45) is 0 Å². The highest BCUT2D eigenvalue weighted by atomic mass is 35.5. The standard InChI is InChI=1S/C29H34ClN5O5/c1-4-21-23(38-17(2)36)24(39-18(3)37)27(40-21)35-16-31-22-25(32-28(30)33-26(22)35)34-15-29(13-9-5-6-10-14-29)19-11-7-8-12-20(19)34/h7-8,11-12,16,21,23-24,27H,4-6,9-10,13-15H2,1-3H3/t21-,23+,24?,27-/m1/s1. The van der Waals surface area contributed by atoms with E-state index < -0.39 is 36.5 Å². The smallest absolute Gasteiger partial charge is 0.303 e. The summed E-state index contributed by atoms with van der Waals surface area (Å²) in [6, 6.07) is 8.55. The summed E-state index contributed by atoms with van der Waals surface area (Å²) in [5.74, 6) is -0.353. The first-order valence-electron chi connectivity index (χ1n) is 14.1. The zero-order valence-corrected chi connectivity index (χ0v) is 23.8. The molecule has 0 radical (unpaired) electrons. The second-order valence-electron chi connectivity index (χ2n) is 11.1. The van der Waals surface area contributed by atoms with Crippen LogP contribution in [0.5, 0.6) is 0 Å². The third-order valence-electron chi connectivity index (χ3n) is 8.49. The van der Waals surface area contributed by atoms with Crippen molar-refractivity contribution < 1.29 is 23.8 Å². The molecule has 2 aromatic heterocycles. The number of hydrogen-bond donors (Lipinski definition) is 0. The van der Waals surface area contributed by atoms with Gasteiger partial charge in [0.1, 0.15) is 6.10 Å². The van der Waals surface area contributed by atoms with Crippen molar-refractivity contribution in [3.63, 3.8) is 0 Å². The molecule has 0 bridgehead atoms. The van der Waals surface area contributed by atoms with Crippen molar-refractivity contribution in [1.29, 1.82) is 0 Å². The Hall–Kier alpha value is -3.24. The van der Waals surface area contributed by atoms with Gasteiger partial charge in [0.2, 0.25) is 5.28 Å². The minimum absolute atomic E-state index is 0.0555. The molecule has 10 nitrogen and oxygen atoms in total. The van der Waals surface area contributed by atoms with Gasteiger partial charge in [-0.15, -0.1) is 0 Å². The van der Waals surface area contributed by atoms with Crippen molar-refractivity contribution in [3.05, 3.63) is 41.4 Å². The first kappa shape index (κ1) is 27.0. The van der Waals surface area contributed by atoms with Crippen molar-refractivity contribution >= 4 is 46.2 Å². The van der Waals surface area contributed by atoms with Gasteiger partial charge in [0.25, 0.3) is 0 Å². The lowest BCUT2D eigenvalue weighted by Gasteiger charge is -2.29. The van der Waals surface area contributed by atoms with Crippen LogP contribution in [0.25, 0.3) is 11.2 Å². The van der Waals surface area contributed by atoms with Crippen molar-refractivity contribution in [3.8, 4) is 0 Å². The zero-order valence-electron chi connectivity index (χ0n) is 23.0. The van der Waals surface area contributed by atoms with Gasteiger partial charge in [-0.3, -0.25) is 14.2 Å². The Labute approximate surface area is 238 Å². The maximum absolute atomic E-state index is 12.1. The number of rotatable bonds is 5. The maximum atomic E-state index is 12.1. The molecular weight excluding hydrogens is 534 g/mol. The normalized spacial score (nSPS) is 25.6. The van der Waals surface area contributed by atoms with Gasteiger partial charge in [-0.25, -0.2) is 4.98 Å². The quantitative estimate of drug-likeness (QED) is 0.296. The highest BCUT2D eigenvalue weighted by Gasteiger charge is 2.50. The Morgan fingerprint density at radius 1 is 1.05 bits per heavy atom. The summed E-state index contributed by atoms with van der Waals surface area (Å²) in [6.45, 7) is 5.36. The molecule has 40 heavy (non-hydrogen) atoms. The van der Waals surface area contributed by atoms with Crippen LogP contribution in [0.15, 0.2) is 30.6 Å². The molecule has 1 saturated carbocycles. The van der Waals surface area contributed by atoms with E-state index >= 15 is 0 Å². The summed E-state index contributed by atoms with van der Waals surface area (Å²) in [5, 5.41) is 0.0779. The Balaban J connectivity index is 1.44. The van der Waals surface area contributed by atoms with Gasteiger partial charge >= 0.3 is 11.9 Å². The third-order valence-corrected chi connectivity index (χ3v) is 8.65. The van der Waals surface area contributed by atoms with E-state index in [0.717, 1.165) is 25.1 Å². The van der Waals surface area contributed by atoms with Crippen LogP contribution in [-0.2, 0) is 29.2 Å². The van der Waals surface area contributed by atoms with E-state index in [4.69, 9.17) is 30.8 Å². The molecule has 0 amide bonds. The van der Waals surface area contributed by atoms with Gasteiger partial charge in [-0.2, -0.15) is 9.97 Å². The number of nitrogens with zero attached hydrogens (tertiary/aromatic N) is 5. The van der Waals surface area contributed by atoms with Crippen LogP contribution in [-0.4, -0.2) is 56.3 Å². The highest BCUT2D eigenvalue weighted by Crippen LogP contribution is 2.51. The number of aromatic nitrogens is 4. The zero-order chi connectivity index (χ0) is 28.0. The summed E-state index contributed by atoms with van der Waals surface area (Å²) in [7, 11) is 0. The van der Waals surface area contributed by atoms with E-state index in [1.165, 1.54) is 45.1 Å². The van der Waals surface area contributed by atoms with Gasteiger partial charge in [-0.1, -0.05) is 50.8 Å². The number of fused-ring (bicyclic) bond motifs is 3. The predicted octanol–water partition coefficient (Wildman–Crippen LogP) is 5.39. The summed E-state index contributed by atoms with van der Waals surface area (Å²) in [4.78, 5) is 40.2. The van der Waals surface area contributed by atoms with E-state index in [2.05, 4.69) is 39.1 Å². The Kier molecular flexibility index (Phi) is 7.16. The van der Waals surface area contributed by atoms with Gasteiger partial charge < -0.3 is 19.1 Å². The summed E-state index contributed by atoms with van der Waals surface area (Å²) < 4.78 is 19.2. The van der Waals surface area contributed by atoms with Crippen molar-refractivity contribution in [2.45, 2.75) is 95.7 Å². The number of carbonyl (C=O) groups is 2. The number of halogens is 1. The van der Waals surface area contributed by atoms with Crippen LogP contribution >= 0.6 is 11.6 Å². The average molecular weight is 568 g/mol. The number of esters is 2. The summed E-state index contributed by atoms with van der Waals surface area (Å²) in [5.41, 5.74) is 3.54. The SMILES string of the molecule is CC[C@H]1O[C@@H](n2cnc3c(N4CC5(CCCCCC5)c5ccccc54)nc(Cl)nc32)C(OC(C)=O)[C@H]1OC(C)=O. The molecule has 11 heteroatoms. The minimum Gasteiger partial charge on any atom is -0.456 e. The largest absolute Gasteiger partial charge is 0.456 e. The molecule has 0 N–H and O–H groups in total. The van der Waals surface area contributed by atoms with Crippen LogP contribution in [0, 0.1) is 0 Å². The van der Waals surface area contributed by atoms with Crippen molar-refractivity contribution in [2.75, 3.05) is 11.4 Å². The molecule has 4 heterocycles. The minimum atomic E-state index is -0.886. The van der Waals surface area contributed by atoms with Crippen molar-refractivity contribution in [1.82, 2.24) is 19.5 Å². The molecule has 212 valence electrons. The molecule has 2 fully saturated rings. The molecule has 6 rings (SSSR count). The second kappa shape index (κ2) is 10.6. The molecule has 1 spiro atoms. The third kappa shape index (κ3) is 4.60. The number of hydrogen-bond acceptors (Lipinski definition) is 9. The maximum Gasteiger partial charge on any atom is 0.303 e. The molecular formula is C29H34ClN5O5. The monoisotopic (exact) mass is 567 g/mol. The summed E-state index contributed by atoms with van der Waals surface area (Å²) in [6.07, 6.45) is 6.39. The summed E-state index contributed by atoms with van der Waals surface area (Å²) >= 11 is 6.56. The number of benzene rings is 1. The van der Waals surface area contributed by atoms with Gasteiger partial charge in [-0.05, 0) is 42.5 Å². The molecule has 2 aliphatic heterocycles. The Morgan fingerprint density at radius 2 is 1.75 bits per heavy atom.